The smallest absolute Gasteiger partial charge is 0.311 e. The van der Waals surface area contributed by atoms with Gasteiger partial charge >= 0.3 is 5.69 Å². The van der Waals surface area contributed by atoms with Crippen LogP contribution in [0.4, 0.5) is 17.3 Å². The number of hydrogen-bond donors (Lipinski definition) is 2. The summed E-state index contributed by atoms with van der Waals surface area (Å²) in [5.74, 6) is 1.45. The minimum absolute atomic E-state index is 0.0359. The Balaban J connectivity index is 2.47. The number of anilines is 2. The molecule has 2 N–H and O–H groups in total. The first-order valence-corrected chi connectivity index (χ1v) is 6.69. The van der Waals surface area contributed by atoms with Gasteiger partial charge in [0.15, 0.2) is 0 Å². The second kappa shape index (κ2) is 8.31. The fraction of sp³-hybridized carbons (Fsp3) is 0.615. The summed E-state index contributed by atoms with van der Waals surface area (Å²) in [6.45, 7) is 5.95. The molecule has 0 unspecified atom stereocenters. The van der Waals surface area contributed by atoms with E-state index in [0.29, 0.717) is 31.5 Å². The summed E-state index contributed by atoms with van der Waals surface area (Å²) in [4.78, 5) is 14.6. The standard InChI is InChI=1S/C13H22N4O3/c1-10(2)6-8-20-9-7-15-13-11(17(18)19)4-5-12(14-3)16-13/h4-5,10H,6-9H2,1-3H3,(H2,14,15,16). The van der Waals surface area contributed by atoms with Gasteiger partial charge < -0.3 is 15.4 Å². The van der Waals surface area contributed by atoms with Crippen LogP contribution in [-0.2, 0) is 4.74 Å². The molecule has 1 heterocycles. The van der Waals surface area contributed by atoms with Crippen molar-refractivity contribution in [1.29, 1.82) is 0 Å². The molecule has 0 spiro atoms. The highest BCUT2D eigenvalue weighted by atomic mass is 16.6. The van der Waals surface area contributed by atoms with Crippen LogP contribution >= 0.6 is 0 Å². The van der Waals surface area contributed by atoms with Gasteiger partial charge in [0.05, 0.1) is 11.5 Å². The molecule has 0 aliphatic carbocycles. The van der Waals surface area contributed by atoms with Gasteiger partial charge in [0.25, 0.3) is 0 Å². The van der Waals surface area contributed by atoms with E-state index in [1.54, 1.807) is 13.1 Å². The SMILES string of the molecule is CNc1ccc([N+](=O)[O-])c(NCCOCCC(C)C)n1. The van der Waals surface area contributed by atoms with E-state index in [1.807, 2.05) is 0 Å². The molecule has 0 aliphatic rings. The van der Waals surface area contributed by atoms with Crippen LogP contribution in [0.5, 0.6) is 0 Å². The first-order valence-electron chi connectivity index (χ1n) is 6.69. The van der Waals surface area contributed by atoms with Crippen LogP contribution in [0.15, 0.2) is 12.1 Å². The highest BCUT2D eigenvalue weighted by Crippen LogP contribution is 2.23. The van der Waals surface area contributed by atoms with E-state index in [4.69, 9.17) is 4.74 Å². The predicted molar refractivity (Wildman–Crippen MR) is 79.2 cm³/mol. The zero-order chi connectivity index (χ0) is 15.0. The molecule has 0 atom stereocenters. The summed E-state index contributed by atoms with van der Waals surface area (Å²) in [6.07, 6.45) is 1.01. The zero-order valence-electron chi connectivity index (χ0n) is 12.2. The summed E-state index contributed by atoms with van der Waals surface area (Å²) < 4.78 is 5.45. The summed E-state index contributed by atoms with van der Waals surface area (Å²) in [5.41, 5.74) is -0.0359. The van der Waals surface area contributed by atoms with Crippen molar-refractivity contribution in [2.24, 2.45) is 5.92 Å². The number of nitrogens with zero attached hydrogens (tertiary/aromatic N) is 2. The van der Waals surface area contributed by atoms with Crippen LogP contribution in [0.25, 0.3) is 0 Å². The Labute approximate surface area is 118 Å². The van der Waals surface area contributed by atoms with Gasteiger partial charge in [-0.25, -0.2) is 4.98 Å². The first kappa shape index (κ1) is 16.2. The minimum atomic E-state index is -0.450. The number of aromatic nitrogens is 1. The van der Waals surface area contributed by atoms with Crippen molar-refractivity contribution in [2.75, 3.05) is 37.4 Å². The molecule has 0 amide bonds. The second-order valence-corrected chi connectivity index (χ2v) is 4.79. The van der Waals surface area contributed by atoms with E-state index in [2.05, 4.69) is 29.5 Å². The molecular weight excluding hydrogens is 260 g/mol. The Morgan fingerprint density at radius 2 is 2.15 bits per heavy atom. The maximum absolute atomic E-state index is 10.9. The molecule has 1 aromatic rings. The molecule has 7 heteroatoms. The Bertz CT molecular complexity index is 438. The number of nitro groups is 1. The van der Waals surface area contributed by atoms with Crippen LogP contribution in [0.2, 0.25) is 0 Å². The van der Waals surface area contributed by atoms with Crippen molar-refractivity contribution >= 4 is 17.3 Å². The summed E-state index contributed by atoms with van der Waals surface area (Å²) in [6, 6.07) is 3.00. The molecule has 0 aliphatic heterocycles. The lowest BCUT2D eigenvalue weighted by molar-refractivity contribution is -0.384. The van der Waals surface area contributed by atoms with Gasteiger partial charge in [-0.1, -0.05) is 13.8 Å². The van der Waals surface area contributed by atoms with E-state index in [9.17, 15) is 10.1 Å². The number of nitrogens with one attached hydrogen (secondary N) is 2. The van der Waals surface area contributed by atoms with Crippen molar-refractivity contribution in [3.63, 3.8) is 0 Å². The molecule has 0 bridgehead atoms. The molecule has 20 heavy (non-hydrogen) atoms. The van der Waals surface area contributed by atoms with Gasteiger partial charge in [0.1, 0.15) is 5.82 Å². The third kappa shape index (κ3) is 5.40. The highest BCUT2D eigenvalue weighted by Gasteiger charge is 2.15. The normalized spacial score (nSPS) is 10.6. The Morgan fingerprint density at radius 1 is 1.40 bits per heavy atom. The quantitative estimate of drug-likeness (QED) is 0.411. The van der Waals surface area contributed by atoms with Crippen molar-refractivity contribution < 1.29 is 9.66 Å². The molecule has 1 aromatic heterocycles. The Morgan fingerprint density at radius 3 is 2.75 bits per heavy atom. The lowest BCUT2D eigenvalue weighted by Gasteiger charge is -2.09. The fourth-order valence-electron chi connectivity index (χ4n) is 1.53. The average molecular weight is 282 g/mol. The van der Waals surface area contributed by atoms with Gasteiger partial charge in [-0.2, -0.15) is 0 Å². The van der Waals surface area contributed by atoms with Crippen molar-refractivity contribution in [3.05, 3.63) is 22.2 Å². The topological polar surface area (TPSA) is 89.3 Å². The molecule has 0 saturated carbocycles. The van der Waals surface area contributed by atoms with Gasteiger partial charge in [-0.15, -0.1) is 0 Å². The van der Waals surface area contributed by atoms with Crippen LogP contribution in [0, 0.1) is 16.0 Å². The third-order valence-corrected chi connectivity index (χ3v) is 2.71. The van der Waals surface area contributed by atoms with Gasteiger partial charge in [0, 0.05) is 26.3 Å². The molecule has 112 valence electrons. The Hall–Kier alpha value is -1.89. The fourth-order valence-corrected chi connectivity index (χ4v) is 1.53. The molecule has 0 fully saturated rings. The lowest BCUT2D eigenvalue weighted by Crippen LogP contribution is -2.13. The largest absolute Gasteiger partial charge is 0.380 e. The number of ether oxygens (including phenoxy) is 1. The maximum Gasteiger partial charge on any atom is 0.311 e. The molecule has 7 nitrogen and oxygen atoms in total. The lowest BCUT2D eigenvalue weighted by atomic mass is 10.1. The summed E-state index contributed by atoms with van der Waals surface area (Å²) in [5, 5.41) is 16.7. The molecule has 0 radical (unpaired) electrons. The molecule has 0 aromatic carbocycles. The molecular formula is C13H22N4O3. The average Bonchev–Trinajstić information content (AvgIpc) is 2.41. The predicted octanol–water partition coefficient (Wildman–Crippen LogP) is 2.51. The van der Waals surface area contributed by atoms with Gasteiger partial charge in [-0.3, -0.25) is 10.1 Å². The van der Waals surface area contributed by atoms with E-state index in [-0.39, 0.29) is 11.5 Å². The second-order valence-electron chi connectivity index (χ2n) is 4.79. The number of pyridine rings is 1. The van der Waals surface area contributed by atoms with E-state index >= 15 is 0 Å². The van der Waals surface area contributed by atoms with E-state index < -0.39 is 4.92 Å². The van der Waals surface area contributed by atoms with E-state index in [0.717, 1.165) is 6.42 Å². The monoisotopic (exact) mass is 282 g/mol. The van der Waals surface area contributed by atoms with Crippen molar-refractivity contribution in [1.82, 2.24) is 4.98 Å². The van der Waals surface area contributed by atoms with Crippen LogP contribution in [0.1, 0.15) is 20.3 Å². The third-order valence-electron chi connectivity index (χ3n) is 2.71. The summed E-state index contributed by atoms with van der Waals surface area (Å²) in [7, 11) is 1.72. The van der Waals surface area contributed by atoms with Crippen LogP contribution < -0.4 is 10.6 Å². The number of hydrogen-bond acceptors (Lipinski definition) is 6. The summed E-state index contributed by atoms with van der Waals surface area (Å²) >= 11 is 0. The maximum atomic E-state index is 10.9. The van der Waals surface area contributed by atoms with Crippen molar-refractivity contribution in [2.45, 2.75) is 20.3 Å². The Kier molecular flexibility index (Phi) is 6.72. The highest BCUT2D eigenvalue weighted by molar-refractivity contribution is 5.60. The van der Waals surface area contributed by atoms with Gasteiger partial charge in [-0.05, 0) is 18.4 Å². The first-order chi connectivity index (χ1) is 9.54. The number of rotatable bonds is 9. The van der Waals surface area contributed by atoms with Crippen LogP contribution in [0.3, 0.4) is 0 Å². The molecule has 0 saturated heterocycles. The van der Waals surface area contributed by atoms with E-state index in [1.165, 1.54) is 6.07 Å². The molecule has 1 rings (SSSR count). The zero-order valence-corrected chi connectivity index (χ0v) is 12.2. The van der Waals surface area contributed by atoms with Crippen molar-refractivity contribution in [3.8, 4) is 0 Å². The van der Waals surface area contributed by atoms with Crippen LogP contribution in [-0.4, -0.2) is 36.7 Å². The minimum Gasteiger partial charge on any atom is -0.380 e. The van der Waals surface area contributed by atoms with Gasteiger partial charge in [0.2, 0.25) is 5.82 Å².